The number of hydrogen-bond donors (Lipinski definition) is 2. The molecule has 2 N–H and O–H groups in total. The number of phenolic OH excluding ortho intramolecular Hbond substituents is 1. The summed E-state index contributed by atoms with van der Waals surface area (Å²) in [5.74, 6) is 1.04. The Morgan fingerprint density at radius 3 is 2.25 bits per heavy atom. The Kier molecular flexibility index (Phi) is 9.36. The standard InChI is InChI=1S/C43H51N5O5/c49-35-10-12-36-32(24-35)27-53-41(30-3-1-2-4-30)40(36)29-5-7-33(8-6-29)46-17-15-28(16-18-46)25-45-19-21-47(22-20-45)34-9-11-37-31(23-34)26-48(43(37)52)38-13-14-39(50)44-42(38)51/h5-12,23-24,28,30,38,40-41,49H,1-4,13-22,25-27H2,(H,44,50,51)/t38-,40-,41-/m0/s1. The first-order valence-electron chi connectivity index (χ1n) is 19.9. The molecule has 10 nitrogen and oxygen atoms in total. The van der Waals surface area contributed by atoms with Crippen molar-refractivity contribution in [3.8, 4) is 5.75 Å². The minimum Gasteiger partial charge on any atom is -0.508 e. The first-order valence-corrected chi connectivity index (χ1v) is 19.9. The molecule has 3 saturated heterocycles. The average Bonchev–Trinajstić information content (AvgIpc) is 3.83. The number of nitrogens with one attached hydrogen (secondary N) is 1. The number of fused-ring (bicyclic) bond motifs is 2. The van der Waals surface area contributed by atoms with Crippen molar-refractivity contribution in [1.82, 2.24) is 15.1 Å². The van der Waals surface area contributed by atoms with Crippen LogP contribution in [0.4, 0.5) is 11.4 Å². The molecule has 0 radical (unpaired) electrons. The first-order chi connectivity index (χ1) is 25.9. The van der Waals surface area contributed by atoms with Crippen LogP contribution in [0.5, 0.6) is 5.75 Å². The second-order valence-corrected chi connectivity index (χ2v) is 16.2. The molecule has 1 aliphatic carbocycles. The van der Waals surface area contributed by atoms with E-state index >= 15 is 0 Å². The number of hydrogen-bond acceptors (Lipinski definition) is 8. The van der Waals surface area contributed by atoms with Gasteiger partial charge in [0.05, 0.1) is 12.7 Å². The molecular formula is C43H51N5O5. The zero-order valence-corrected chi connectivity index (χ0v) is 30.6. The van der Waals surface area contributed by atoms with Crippen LogP contribution < -0.4 is 15.1 Å². The Morgan fingerprint density at radius 2 is 1.49 bits per heavy atom. The van der Waals surface area contributed by atoms with Gasteiger partial charge in [0.25, 0.3) is 5.91 Å². The lowest BCUT2D eigenvalue weighted by atomic mass is 9.77. The minimum absolute atomic E-state index is 0.120. The number of phenols is 1. The van der Waals surface area contributed by atoms with E-state index in [1.165, 1.54) is 55.3 Å². The Morgan fingerprint density at radius 1 is 0.755 bits per heavy atom. The summed E-state index contributed by atoms with van der Waals surface area (Å²) in [6, 6.07) is 20.6. The number of piperazine rings is 1. The van der Waals surface area contributed by atoms with Gasteiger partial charge in [-0.15, -0.1) is 0 Å². The van der Waals surface area contributed by atoms with E-state index in [-0.39, 0.29) is 36.2 Å². The lowest BCUT2D eigenvalue weighted by Crippen LogP contribution is -2.52. The predicted octanol–water partition coefficient (Wildman–Crippen LogP) is 5.41. The fraction of sp³-hybridized carbons (Fsp3) is 0.512. The number of piperidine rings is 2. The van der Waals surface area contributed by atoms with Gasteiger partial charge in [0.1, 0.15) is 11.8 Å². The number of ether oxygens (including phenoxy) is 1. The Hall–Kier alpha value is -4.41. The Bertz CT molecular complexity index is 1860. The van der Waals surface area contributed by atoms with E-state index in [1.807, 2.05) is 24.3 Å². The van der Waals surface area contributed by atoms with Crippen molar-refractivity contribution in [3.63, 3.8) is 0 Å². The van der Waals surface area contributed by atoms with E-state index in [0.717, 1.165) is 62.6 Å². The molecule has 4 fully saturated rings. The largest absolute Gasteiger partial charge is 0.508 e. The molecule has 53 heavy (non-hydrogen) atoms. The molecule has 3 amide bonds. The molecular weight excluding hydrogens is 667 g/mol. The van der Waals surface area contributed by atoms with Crippen molar-refractivity contribution in [3.05, 3.63) is 88.5 Å². The zero-order chi connectivity index (χ0) is 36.1. The van der Waals surface area contributed by atoms with Gasteiger partial charge in [-0.3, -0.25) is 24.6 Å². The molecule has 1 saturated carbocycles. The van der Waals surface area contributed by atoms with E-state index in [9.17, 15) is 19.5 Å². The van der Waals surface area contributed by atoms with Crippen LogP contribution in [0.3, 0.4) is 0 Å². The van der Waals surface area contributed by atoms with Gasteiger partial charge in [-0.05, 0) is 109 Å². The van der Waals surface area contributed by atoms with Crippen LogP contribution >= 0.6 is 0 Å². The number of nitrogens with zero attached hydrogens (tertiary/aromatic N) is 4. The third-order valence-corrected chi connectivity index (χ3v) is 13.1. The van der Waals surface area contributed by atoms with Crippen molar-refractivity contribution in [2.24, 2.45) is 11.8 Å². The van der Waals surface area contributed by atoms with Gasteiger partial charge in [0.15, 0.2) is 0 Å². The van der Waals surface area contributed by atoms with Crippen LogP contribution in [-0.4, -0.2) is 90.6 Å². The lowest BCUT2D eigenvalue weighted by molar-refractivity contribution is -0.136. The quantitative estimate of drug-likeness (QED) is 0.313. The van der Waals surface area contributed by atoms with Gasteiger partial charge in [0.2, 0.25) is 11.8 Å². The van der Waals surface area contributed by atoms with Crippen LogP contribution in [0.15, 0.2) is 60.7 Å². The Balaban J connectivity index is 0.771. The fourth-order valence-electron chi connectivity index (χ4n) is 10.1. The lowest BCUT2D eigenvalue weighted by Gasteiger charge is -2.40. The highest BCUT2D eigenvalue weighted by Gasteiger charge is 2.40. The number of carbonyl (C=O) groups excluding carboxylic acids is 3. The monoisotopic (exact) mass is 717 g/mol. The third-order valence-electron chi connectivity index (χ3n) is 13.1. The summed E-state index contributed by atoms with van der Waals surface area (Å²) in [7, 11) is 0. The molecule has 0 bridgehead atoms. The van der Waals surface area contributed by atoms with E-state index in [0.29, 0.717) is 42.7 Å². The number of rotatable bonds is 7. The van der Waals surface area contributed by atoms with Crippen LogP contribution in [0.2, 0.25) is 0 Å². The molecule has 0 spiro atoms. The van der Waals surface area contributed by atoms with E-state index in [1.54, 1.807) is 4.90 Å². The third kappa shape index (κ3) is 6.80. The molecule has 5 heterocycles. The molecule has 0 aromatic heterocycles. The van der Waals surface area contributed by atoms with Crippen molar-refractivity contribution < 1.29 is 24.2 Å². The molecule has 3 aromatic carbocycles. The number of aromatic hydroxyl groups is 1. The van der Waals surface area contributed by atoms with E-state index < -0.39 is 6.04 Å². The van der Waals surface area contributed by atoms with Gasteiger partial charge >= 0.3 is 0 Å². The summed E-state index contributed by atoms with van der Waals surface area (Å²) in [6.07, 6.45) is 8.29. The summed E-state index contributed by atoms with van der Waals surface area (Å²) < 4.78 is 6.55. The maximum Gasteiger partial charge on any atom is 0.255 e. The SMILES string of the molecule is O=C1CC[C@H](N2Cc3cc(N4CCN(CC5CCN(c6ccc([C@H]7c8ccc(O)cc8CO[C@H]7C7CCCC7)cc6)CC5)CC4)ccc3C2=O)C(=O)N1. The number of amides is 3. The topological polar surface area (TPSA) is 106 Å². The second kappa shape index (κ2) is 14.4. The summed E-state index contributed by atoms with van der Waals surface area (Å²) in [6.45, 7) is 8.23. The highest BCUT2D eigenvalue weighted by Crippen LogP contribution is 2.45. The predicted molar refractivity (Wildman–Crippen MR) is 203 cm³/mol. The second-order valence-electron chi connectivity index (χ2n) is 16.2. The molecule has 0 unspecified atom stereocenters. The minimum atomic E-state index is -0.584. The molecule has 278 valence electrons. The molecule has 6 aliphatic rings. The molecule has 3 atom stereocenters. The maximum atomic E-state index is 13.1. The van der Waals surface area contributed by atoms with Crippen LogP contribution in [-0.2, 0) is 27.5 Å². The summed E-state index contributed by atoms with van der Waals surface area (Å²) >= 11 is 0. The van der Waals surface area contributed by atoms with Crippen molar-refractivity contribution in [1.29, 1.82) is 0 Å². The maximum absolute atomic E-state index is 13.1. The normalized spacial score (nSPS) is 25.8. The highest BCUT2D eigenvalue weighted by atomic mass is 16.5. The number of anilines is 2. The van der Waals surface area contributed by atoms with Crippen LogP contribution in [0.25, 0.3) is 0 Å². The summed E-state index contributed by atoms with van der Waals surface area (Å²) in [5, 5.41) is 12.5. The highest BCUT2D eigenvalue weighted by molar-refractivity contribution is 6.05. The van der Waals surface area contributed by atoms with Crippen molar-refractivity contribution in [2.75, 3.05) is 55.6 Å². The molecule has 10 heteroatoms. The number of imide groups is 1. The van der Waals surface area contributed by atoms with Crippen molar-refractivity contribution >= 4 is 29.1 Å². The number of benzene rings is 3. The van der Waals surface area contributed by atoms with Gasteiger partial charge in [-0.2, -0.15) is 0 Å². The van der Waals surface area contributed by atoms with E-state index in [2.05, 4.69) is 56.4 Å². The van der Waals surface area contributed by atoms with Crippen LogP contribution in [0.1, 0.15) is 89.9 Å². The summed E-state index contributed by atoms with van der Waals surface area (Å²) in [4.78, 5) is 46.4. The van der Waals surface area contributed by atoms with E-state index in [4.69, 9.17) is 4.74 Å². The Labute approximate surface area is 312 Å². The van der Waals surface area contributed by atoms with Gasteiger partial charge in [0, 0.05) is 81.6 Å². The zero-order valence-electron chi connectivity index (χ0n) is 30.6. The van der Waals surface area contributed by atoms with Gasteiger partial charge < -0.3 is 24.5 Å². The average molecular weight is 718 g/mol. The first kappa shape index (κ1) is 34.4. The van der Waals surface area contributed by atoms with Gasteiger partial charge in [-0.1, -0.05) is 31.0 Å². The summed E-state index contributed by atoms with van der Waals surface area (Å²) in [5.41, 5.74) is 7.79. The van der Waals surface area contributed by atoms with Crippen LogP contribution in [0, 0.1) is 11.8 Å². The fourth-order valence-corrected chi connectivity index (χ4v) is 10.1. The van der Waals surface area contributed by atoms with Crippen molar-refractivity contribution in [2.45, 2.75) is 82.6 Å². The smallest absolute Gasteiger partial charge is 0.255 e. The molecule has 3 aromatic rings. The molecule has 5 aliphatic heterocycles. The molecule has 9 rings (SSSR count). The number of carbonyl (C=O) groups is 3. The van der Waals surface area contributed by atoms with Gasteiger partial charge in [-0.25, -0.2) is 0 Å².